The van der Waals surface area contributed by atoms with Crippen LogP contribution in [0.15, 0.2) is 84.4 Å². The van der Waals surface area contributed by atoms with E-state index in [1.807, 2.05) is 0 Å². The van der Waals surface area contributed by atoms with Crippen molar-refractivity contribution in [1.82, 2.24) is 15.0 Å². The highest BCUT2D eigenvalue weighted by molar-refractivity contribution is 7.94. The molecule has 0 atom stereocenters. The lowest BCUT2D eigenvalue weighted by atomic mass is 10.1. The average molecular weight is 957 g/mol. The van der Waals surface area contributed by atoms with Gasteiger partial charge in [-0.15, -0.1) is 14.6 Å². The third kappa shape index (κ3) is 11.2. The number of phenolic OH excluding ortho intramolecular Hbond substituents is 2. The molecule has 1 heterocycles. The molecule has 0 fully saturated rings. The summed E-state index contributed by atoms with van der Waals surface area (Å²) in [4.78, 5) is 19.0. The molecule has 0 saturated carbocycles. The summed E-state index contributed by atoms with van der Waals surface area (Å²) < 4.78 is 133. The van der Waals surface area contributed by atoms with Gasteiger partial charge in [-0.25, -0.2) is 17.9 Å². The van der Waals surface area contributed by atoms with Crippen LogP contribution in [-0.4, -0.2) is 95.0 Å². The second kappa shape index (κ2) is 17.6. The van der Waals surface area contributed by atoms with Crippen molar-refractivity contribution in [2.24, 2.45) is 10.2 Å². The number of hydrogen-bond donors (Lipinski definition) is 8. The largest absolute Gasteiger partial charge is 0.505 e. The molecule has 4 aromatic carbocycles. The number of sulfone groups is 1. The number of nitro benzene ring substituents is 1. The van der Waals surface area contributed by atoms with Gasteiger partial charge >= 0.3 is 10.4 Å². The molecule has 0 aliphatic heterocycles. The molecule has 5 rings (SSSR count). The molecule has 0 radical (unpaired) electrons. The Balaban J connectivity index is 1.60. The Morgan fingerprint density at radius 2 is 1.48 bits per heavy atom. The van der Waals surface area contributed by atoms with Crippen LogP contribution in [0.2, 0.25) is 5.28 Å². The SMILES string of the molecule is O=[N+]([O-])c1ccc(N=Nc2c(SOOO)cc3cc(S(=O)(=O)O)cc(Nc4nc(Cl)nc(Nc5ccc(S(=O)(=O)CCOS(=O)(=O)O)cc5S(=O)(=O)O)n4)c3c2O)c(O)c1. The Labute approximate surface area is 344 Å². The van der Waals surface area contributed by atoms with E-state index in [4.69, 9.17) is 21.4 Å². The van der Waals surface area contributed by atoms with Gasteiger partial charge in [0.2, 0.25) is 17.2 Å². The van der Waals surface area contributed by atoms with E-state index in [2.05, 4.69) is 49.4 Å². The second-order valence-electron chi connectivity index (χ2n) is 11.2. The highest BCUT2D eigenvalue weighted by Gasteiger charge is 2.25. The molecule has 0 aliphatic rings. The minimum atomic E-state index is -5.25. The maximum absolute atomic E-state index is 12.7. The van der Waals surface area contributed by atoms with Gasteiger partial charge in [-0.1, -0.05) is 5.04 Å². The van der Waals surface area contributed by atoms with Gasteiger partial charge in [0, 0.05) is 11.5 Å². The Hall–Kier alpha value is -5.49. The molecule has 1 aromatic heterocycles. The molecule has 0 bridgehead atoms. The third-order valence-electron chi connectivity index (χ3n) is 7.28. The second-order valence-corrected chi connectivity index (χ2v) is 18.3. The predicted octanol–water partition coefficient (Wildman–Crippen LogP) is 4.42. The normalized spacial score (nSPS) is 12.6. The summed E-state index contributed by atoms with van der Waals surface area (Å²) in [6, 6.07) is 7.65. The number of anilines is 4. The minimum absolute atomic E-state index is 0.199. The third-order valence-corrected chi connectivity index (χ3v) is 11.9. The fourth-order valence-electron chi connectivity index (χ4n) is 4.82. The molecule has 0 unspecified atom stereocenters. The number of aromatic nitrogens is 3. The van der Waals surface area contributed by atoms with Crippen LogP contribution in [0.3, 0.4) is 0 Å². The summed E-state index contributed by atoms with van der Waals surface area (Å²) in [6.07, 6.45) is 0. The molecular weight excluding hydrogens is 936 g/mol. The zero-order chi connectivity index (χ0) is 44.4. The van der Waals surface area contributed by atoms with Crippen molar-refractivity contribution in [3.8, 4) is 11.5 Å². The molecule has 60 heavy (non-hydrogen) atoms. The van der Waals surface area contributed by atoms with Crippen molar-refractivity contribution in [2.75, 3.05) is 23.0 Å². The smallest absolute Gasteiger partial charge is 0.397 e. The summed E-state index contributed by atoms with van der Waals surface area (Å²) in [5.41, 5.74) is -2.35. The van der Waals surface area contributed by atoms with Crippen LogP contribution in [0, 0.1) is 10.1 Å². The molecule has 0 saturated heterocycles. The number of nitrogens with one attached hydrogen (secondary N) is 2. The predicted molar refractivity (Wildman–Crippen MR) is 202 cm³/mol. The van der Waals surface area contributed by atoms with Crippen LogP contribution in [0.5, 0.6) is 11.5 Å². The summed E-state index contributed by atoms with van der Waals surface area (Å²) >= 11 is 6.28. The zero-order valence-corrected chi connectivity index (χ0v) is 33.5. The first-order chi connectivity index (χ1) is 27.9. The molecule has 8 N–H and O–H groups in total. The van der Waals surface area contributed by atoms with Crippen molar-refractivity contribution in [3.63, 3.8) is 0 Å². The van der Waals surface area contributed by atoms with E-state index < -0.39 is 124 Å². The maximum Gasteiger partial charge on any atom is 0.397 e. The number of rotatable bonds is 17. The van der Waals surface area contributed by atoms with Crippen molar-refractivity contribution in [2.45, 2.75) is 19.6 Å². The van der Waals surface area contributed by atoms with Crippen LogP contribution in [0.25, 0.3) is 10.8 Å². The molecular formula is C27H21ClN8O19S5. The van der Waals surface area contributed by atoms with Crippen molar-refractivity contribution >= 4 is 115 Å². The number of phenols is 2. The van der Waals surface area contributed by atoms with Gasteiger partial charge in [-0.2, -0.15) is 40.2 Å². The number of aromatic hydroxyl groups is 2. The number of nitrogens with zero attached hydrogens (tertiary/aromatic N) is 6. The quantitative estimate of drug-likeness (QED) is 0.0160. The number of nitro groups is 1. The molecule has 0 amide bonds. The van der Waals surface area contributed by atoms with Crippen LogP contribution < -0.4 is 10.6 Å². The topological polar surface area (TPSA) is 416 Å². The standard InChI is InChI=1S/C27H21ClN8O19S5/c28-25-31-26(29-17-4-2-14(11-21(17)59(47,48)49)57(42,43)6-5-53-60(50,51)52)33-27(32-25)30-18-10-15(58(44,45)46)7-12-8-20(56-55-54-41)23(24(38)22(12)18)35-34-16-3-1-13(36(39)40)9-19(16)37/h1-4,7-11,37-38,41H,5-6H2,(H,44,45,46)(H,47,48,49)(H,50,51,52)(H2,29,30,31,32,33). The molecule has 27 nitrogen and oxygen atoms in total. The minimum Gasteiger partial charge on any atom is -0.505 e. The van der Waals surface area contributed by atoms with Gasteiger partial charge in [-0.05, 0) is 59.5 Å². The zero-order valence-electron chi connectivity index (χ0n) is 28.7. The molecule has 33 heteroatoms. The lowest BCUT2D eigenvalue weighted by molar-refractivity contribution is -0.432. The summed E-state index contributed by atoms with van der Waals surface area (Å²) in [5.74, 6) is -3.82. The van der Waals surface area contributed by atoms with E-state index in [9.17, 15) is 63.1 Å². The Morgan fingerprint density at radius 3 is 2.07 bits per heavy atom. The van der Waals surface area contributed by atoms with E-state index in [-0.39, 0.29) is 33.4 Å². The van der Waals surface area contributed by atoms with E-state index in [0.717, 1.165) is 48.5 Å². The highest BCUT2D eigenvalue weighted by Crippen LogP contribution is 2.48. The monoisotopic (exact) mass is 956 g/mol. The molecule has 0 aliphatic carbocycles. The fraction of sp³-hybridized carbons (Fsp3) is 0.0741. The summed E-state index contributed by atoms with van der Waals surface area (Å²) in [5, 5.41) is 56.6. The summed E-state index contributed by atoms with van der Waals surface area (Å²) in [7, 11) is -19.8. The fourth-order valence-corrected chi connectivity index (χ4v) is 8.27. The molecule has 320 valence electrons. The molecule has 5 aromatic rings. The van der Waals surface area contributed by atoms with Gasteiger partial charge < -0.3 is 20.8 Å². The molecule has 0 spiro atoms. The first-order valence-corrected chi connectivity index (χ1v) is 22.1. The first-order valence-electron chi connectivity index (χ1n) is 15.1. The van der Waals surface area contributed by atoms with E-state index in [0.29, 0.717) is 6.07 Å². The average Bonchev–Trinajstić information content (AvgIpc) is 3.12. The van der Waals surface area contributed by atoms with E-state index in [1.165, 1.54) is 0 Å². The van der Waals surface area contributed by atoms with Crippen LogP contribution >= 0.6 is 23.6 Å². The van der Waals surface area contributed by atoms with Gasteiger partial charge in [0.05, 0.1) is 61.5 Å². The van der Waals surface area contributed by atoms with Crippen LogP contribution in [0.4, 0.5) is 40.3 Å². The van der Waals surface area contributed by atoms with Crippen molar-refractivity contribution in [3.05, 3.63) is 70.0 Å². The number of non-ortho nitro benzene ring substituents is 1. The van der Waals surface area contributed by atoms with Crippen molar-refractivity contribution in [1.29, 1.82) is 0 Å². The number of hydrogen-bond acceptors (Lipinski definition) is 24. The number of halogens is 1. The number of azo groups is 1. The van der Waals surface area contributed by atoms with Gasteiger partial charge in [0.15, 0.2) is 15.6 Å². The summed E-state index contributed by atoms with van der Waals surface area (Å²) in [6.45, 7) is -1.06. The Kier molecular flexibility index (Phi) is 13.4. The number of fused-ring (bicyclic) bond motifs is 1. The van der Waals surface area contributed by atoms with Crippen LogP contribution in [0.1, 0.15) is 0 Å². The number of benzene rings is 4. The first kappa shape index (κ1) is 45.6. The Morgan fingerprint density at radius 1 is 0.817 bits per heavy atom. The van der Waals surface area contributed by atoms with Gasteiger partial charge in [-0.3, -0.25) is 23.8 Å². The van der Waals surface area contributed by atoms with Crippen LogP contribution in [-0.2, 0) is 54.0 Å². The lowest BCUT2D eigenvalue weighted by Crippen LogP contribution is -2.16. The van der Waals surface area contributed by atoms with E-state index >= 15 is 0 Å². The van der Waals surface area contributed by atoms with Crippen molar-refractivity contribution < 1.29 is 81.3 Å². The lowest BCUT2D eigenvalue weighted by Gasteiger charge is -2.15. The van der Waals surface area contributed by atoms with E-state index in [1.54, 1.807) is 0 Å². The van der Waals surface area contributed by atoms with Gasteiger partial charge in [0.1, 0.15) is 22.0 Å². The Bertz CT molecular complexity index is 3030. The maximum atomic E-state index is 12.7. The van der Waals surface area contributed by atoms with Gasteiger partial charge in [0.25, 0.3) is 25.9 Å². The highest BCUT2D eigenvalue weighted by atomic mass is 35.5.